The largest absolute Gasteiger partial charge is 0.375 e. The van der Waals surface area contributed by atoms with Crippen LogP contribution in [0.15, 0.2) is 12.3 Å². The van der Waals surface area contributed by atoms with Crippen molar-refractivity contribution in [3.05, 3.63) is 28.8 Å². The lowest BCUT2D eigenvalue weighted by molar-refractivity contribution is -0.137. The lowest BCUT2D eigenvalue weighted by atomic mass is 9.97. The summed E-state index contributed by atoms with van der Waals surface area (Å²) in [5.74, 6) is -0.509. The Kier molecular flexibility index (Phi) is 4.37. The molecule has 3 rings (SSSR count). The molecule has 120 valence electrons. The Hall–Kier alpha value is -1.20. The van der Waals surface area contributed by atoms with Gasteiger partial charge in [0, 0.05) is 19.3 Å². The first kappa shape index (κ1) is 15.7. The van der Waals surface area contributed by atoms with Gasteiger partial charge in [0.25, 0.3) is 0 Å². The highest BCUT2D eigenvalue weighted by molar-refractivity contribution is 6.30. The number of halogens is 2. The molecule has 2 unspecified atom stereocenters. The summed E-state index contributed by atoms with van der Waals surface area (Å²) in [6.45, 7) is 3.31. The summed E-state index contributed by atoms with van der Waals surface area (Å²) in [6.07, 6.45) is 5.27. The van der Waals surface area contributed by atoms with Crippen molar-refractivity contribution in [1.29, 1.82) is 0 Å². The maximum atomic E-state index is 14.2. The molecule has 2 aliphatic heterocycles. The van der Waals surface area contributed by atoms with Crippen LogP contribution < -0.4 is 0 Å². The Balaban J connectivity index is 1.78. The molecular formula is C16H20ClFN2O2. The Morgan fingerprint density at radius 3 is 3.14 bits per heavy atom. The number of pyridine rings is 1. The predicted octanol–water partition coefficient (Wildman–Crippen LogP) is 3.50. The molecule has 6 heteroatoms. The van der Waals surface area contributed by atoms with Crippen LogP contribution in [0.5, 0.6) is 0 Å². The Morgan fingerprint density at radius 2 is 2.41 bits per heavy atom. The van der Waals surface area contributed by atoms with E-state index in [9.17, 15) is 9.18 Å². The van der Waals surface area contributed by atoms with E-state index < -0.39 is 5.82 Å². The molecule has 1 aromatic heterocycles. The predicted molar refractivity (Wildman–Crippen MR) is 81.1 cm³/mol. The number of amides is 1. The molecule has 0 bridgehead atoms. The molecule has 4 nitrogen and oxygen atoms in total. The molecule has 1 amide bonds. The number of nitrogens with zero attached hydrogens (tertiary/aromatic N) is 2. The second-order valence-corrected chi connectivity index (χ2v) is 6.72. The van der Waals surface area contributed by atoms with Crippen LogP contribution in [0.25, 0.3) is 0 Å². The summed E-state index contributed by atoms with van der Waals surface area (Å²) in [5.41, 5.74) is -0.110. The van der Waals surface area contributed by atoms with E-state index in [0.717, 1.165) is 19.3 Å². The molecule has 22 heavy (non-hydrogen) atoms. The third kappa shape index (κ3) is 2.97. The monoisotopic (exact) mass is 326 g/mol. The average molecular weight is 327 g/mol. The number of hydrogen-bond acceptors (Lipinski definition) is 3. The molecule has 2 atom stereocenters. The minimum absolute atomic E-state index is 0.00748. The van der Waals surface area contributed by atoms with Crippen LogP contribution in [0.1, 0.15) is 50.8 Å². The molecular weight excluding hydrogens is 307 g/mol. The molecule has 0 radical (unpaired) electrons. The molecule has 2 saturated heterocycles. The molecule has 2 aliphatic rings. The van der Waals surface area contributed by atoms with Crippen molar-refractivity contribution < 1.29 is 13.9 Å². The molecule has 0 aromatic carbocycles. The summed E-state index contributed by atoms with van der Waals surface area (Å²) in [5, 5.41) is 0.0513. The van der Waals surface area contributed by atoms with Crippen molar-refractivity contribution in [3.8, 4) is 0 Å². The van der Waals surface area contributed by atoms with Crippen molar-refractivity contribution in [2.45, 2.75) is 50.7 Å². The minimum Gasteiger partial charge on any atom is -0.375 e. The van der Waals surface area contributed by atoms with Crippen LogP contribution in [0.4, 0.5) is 4.39 Å². The number of rotatable bonds is 3. The van der Waals surface area contributed by atoms with Gasteiger partial charge in [-0.1, -0.05) is 11.6 Å². The van der Waals surface area contributed by atoms with Gasteiger partial charge in [0.1, 0.15) is 5.69 Å². The molecule has 0 N–H and O–H groups in total. The third-order valence-corrected chi connectivity index (χ3v) is 4.88. The smallest absolute Gasteiger partial charge is 0.226 e. The van der Waals surface area contributed by atoms with Crippen LogP contribution in [-0.2, 0) is 9.53 Å². The van der Waals surface area contributed by atoms with Crippen LogP contribution >= 0.6 is 11.6 Å². The fourth-order valence-electron chi connectivity index (χ4n) is 3.41. The third-order valence-electron chi connectivity index (χ3n) is 4.58. The zero-order valence-corrected chi connectivity index (χ0v) is 13.4. The highest BCUT2D eigenvalue weighted by atomic mass is 35.5. The average Bonchev–Trinajstić information content (AvgIpc) is 3.11. The minimum atomic E-state index is -0.516. The zero-order valence-electron chi connectivity index (χ0n) is 12.6. The molecule has 3 heterocycles. The number of aromatic nitrogens is 1. The van der Waals surface area contributed by atoms with Gasteiger partial charge in [0.2, 0.25) is 5.91 Å². The first-order chi connectivity index (χ1) is 10.5. The summed E-state index contributed by atoms with van der Waals surface area (Å²) < 4.78 is 19.9. The number of carbonyl (C=O) groups excluding carboxylic acids is 1. The van der Waals surface area contributed by atoms with E-state index in [1.807, 2.05) is 6.92 Å². The van der Waals surface area contributed by atoms with Crippen LogP contribution in [-0.4, -0.2) is 34.5 Å². The van der Waals surface area contributed by atoms with E-state index in [0.29, 0.717) is 26.0 Å². The number of likely N-dealkylation sites (tertiary alicyclic amines) is 1. The standard InChI is InChI=1S/C16H20ClFN2O2/c1-16(6-3-9-22-16)10-13(21)20-8-2-4-12(20)15-14(18)11(17)5-7-19-15/h5,7,12H,2-4,6,8-10H2,1H3. The number of hydrogen-bond donors (Lipinski definition) is 0. The quantitative estimate of drug-likeness (QED) is 0.853. The van der Waals surface area contributed by atoms with Gasteiger partial charge in [-0.25, -0.2) is 4.39 Å². The number of carbonyl (C=O) groups is 1. The van der Waals surface area contributed by atoms with E-state index in [1.165, 1.54) is 12.3 Å². The van der Waals surface area contributed by atoms with Gasteiger partial charge in [-0.3, -0.25) is 9.78 Å². The molecule has 0 spiro atoms. The van der Waals surface area contributed by atoms with Gasteiger partial charge >= 0.3 is 0 Å². The van der Waals surface area contributed by atoms with Crippen molar-refractivity contribution >= 4 is 17.5 Å². The molecule has 1 aromatic rings. The Bertz CT molecular complexity index is 575. The van der Waals surface area contributed by atoms with Gasteiger partial charge in [-0.2, -0.15) is 0 Å². The summed E-state index contributed by atoms with van der Waals surface area (Å²) in [4.78, 5) is 18.5. The van der Waals surface area contributed by atoms with Gasteiger partial charge < -0.3 is 9.64 Å². The molecule has 0 aliphatic carbocycles. The fraction of sp³-hybridized carbons (Fsp3) is 0.625. The first-order valence-corrected chi connectivity index (χ1v) is 8.11. The lowest BCUT2D eigenvalue weighted by Crippen LogP contribution is -2.37. The topological polar surface area (TPSA) is 42.4 Å². The Labute approximate surface area is 134 Å². The van der Waals surface area contributed by atoms with Crippen molar-refractivity contribution in [2.24, 2.45) is 0 Å². The van der Waals surface area contributed by atoms with E-state index >= 15 is 0 Å². The Morgan fingerprint density at radius 1 is 1.59 bits per heavy atom. The summed E-state index contributed by atoms with van der Waals surface area (Å²) >= 11 is 5.84. The highest BCUT2D eigenvalue weighted by Gasteiger charge is 2.38. The van der Waals surface area contributed by atoms with E-state index in [2.05, 4.69) is 4.98 Å². The van der Waals surface area contributed by atoms with E-state index in [-0.39, 0.29) is 28.3 Å². The van der Waals surface area contributed by atoms with Crippen LogP contribution in [0.3, 0.4) is 0 Å². The van der Waals surface area contributed by atoms with E-state index in [1.54, 1.807) is 4.90 Å². The second kappa shape index (κ2) is 6.13. The number of ether oxygens (including phenoxy) is 1. The summed E-state index contributed by atoms with van der Waals surface area (Å²) in [7, 11) is 0. The maximum absolute atomic E-state index is 14.2. The van der Waals surface area contributed by atoms with Crippen LogP contribution in [0, 0.1) is 5.82 Å². The van der Waals surface area contributed by atoms with Crippen molar-refractivity contribution in [1.82, 2.24) is 9.88 Å². The zero-order chi connectivity index (χ0) is 15.7. The van der Waals surface area contributed by atoms with Crippen molar-refractivity contribution in [3.63, 3.8) is 0 Å². The molecule has 0 saturated carbocycles. The SMILES string of the molecule is CC1(CC(=O)N2CCCC2c2nccc(Cl)c2F)CCCO1. The van der Waals surface area contributed by atoms with Gasteiger partial charge in [0.05, 0.1) is 23.1 Å². The maximum Gasteiger partial charge on any atom is 0.226 e. The fourth-order valence-corrected chi connectivity index (χ4v) is 3.57. The second-order valence-electron chi connectivity index (χ2n) is 6.32. The summed E-state index contributed by atoms with van der Waals surface area (Å²) in [6, 6.07) is 1.10. The van der Waals surface area contributed by atoms with Crippen molar-refractivity contribution in [2.75, 3.05) is 13.2 Å². The van der Waals surface area contributed by atoms with Crippen LogP contribution in [0.2, 0.25) is 5.02 Å². The normalized spacial score (nSPS) is 28.3. The van der Waals surface area contributed by atoms with Gasteiger partial charge in [0.15, 0.2) is 5.82 Å². The first-order valence-electron chi connectivity index (χ1n) is 7.73. The molecule has 2 fully saturated rings. The van der Waals surface area contributed by atoms with E-state index in [4.69, 9.17) is 16.3 Å². The van der Waals surface area contributed by atoms with Gasteiger partial charge in [-0.05, 0) is 38.7 Å². The highest BCUT2D eigenvalue weighted by Crippen LogP contribution is 2.36. The van der Waals surface area contributed by atoms with Gasteiger partial charge in [-0.15, -0.1) is 0 Å². The lowest BCUT2D eigenvalue weighted by Gasteiger charge is -2.29.